The Morgan fingerprint density at radius 2 is 1.52 bits per heavy atom. The number of hydrogen-bond donors (Lipinski definition) is 1. The number of methoxy groups -OCH3 is 3. The number of anilines is 2. The lowest BCUT2D eigenvalue weighted by molar-refractivity contribution is -0.140. The summed E-state index contributed by atoms with van der Waals surface area (Å²) in [6.45, 7) is 1.99. The lowest BCUT2D eigenvalue weighted by atomic mass is 10.0. The summed E-state index contributed by atoms with van der Waals surface area (Å²) in [6.07, 6.45) is 0. The van der Waals surface area contributed by atoms with Gasteiger partial charge in [-0.3, -0.25) is 9.59 Å². The summed E-state index contributed by atoms with van der Waals surface area (Å²) in [5.74, 6) is 0.325. The number of nitrogens with zero attached hydrogens (tertiary/aromatic N) is 5. The Morgan fingerprint density at radius 1 is 0.870 bits per heavy atom. The quantitative estimate of drug-likeness (QED) is 0.201. The Morgan fingerprint density at radius 3 is 2.13 bits per heavy atom. The molecule has 1 aromatic heterocycles. The predicted octanol–water partition coefficient (Wildman–Crippen LogP) is 5.24. The van der Waals surface area contributed by atoms with Gasteiger partial charge in [0.25, 0.3) is 5.91 Å². The zero-order valence-corrected chi connectivity index (χ0v) is 26.9. The molecule has 0 saturated heterocycles. The molecule has 0 radical (unpaired) electrons. The normalized spacial score (nSPS) is 11.5. The van der Waals surface area contributed by atoms with Crippen molar-refractivity contribution in [2.75, 3.05) is 45.6 Å². The van der Waals surface area contributed by atoms with Crippen LogP contribution in [0.4, 0.5) is 11.4 Å². The van der Waals surface area contributed by atoms with Crippen molar-refractivity contribution in [1.82, 2.24) is 19.9 Å². The molecule has 0 aliphatic rings. The molecular formula is C35H38N6O5. The number of aromatic nitrogens is 3. The van der Waals surface area contributed by atoms with Crippen LogP contribution in [-0.2, 0) is 22.7 Å². The average molecular weight is 623 g/mol. The van der Waals surface area contributed by atoms with Gasteiger partial charge < -0.3 is 29.3 Å². The number of benzene rings is 4. The van der Waals surface area contributed by atoms with Crippen LogP contribution < -0.4 is 24.4 Å². The number of fused-ring (bicyclic) bond motifs is 1. The van der Waals surface area contributed by atoms with E-state index in [1.54, 1.807) is 21.7 Å². The molecule has 1 atom stereocenters. The van der Waals surface area contributed by atoms with Crippen LogP contribution in [0, 0.1) is 6.92 Å². The predicted molar refractivity (Wildman–Crippen MR) is 177 cm³/mol. The lowest BCUT2D eigenvalue weighted by Gasteiger charge is -2.32. The van der Waals surface area contributed by atoms with Gasteiger partial charge in [-0.1, -0.05) is 47.2 Å². The highest BCUT2D eigenvalue weighted by atomic mass is 16.5. The highest BCUT2D eigenvalue weighted by molar-refractivity contribution is 5.98. The van der Waals surface area contributed by atoms with E-state index in [9.17, 15) is 9.59 Å². The standard InChI is InChI=1S/C35H38N6O5/c1-23-11-13-24(14-12-23)21-40(32(42)22-41-29-10-8-7-9-28(29)37-38-41)33(25-19-30(44-4)34(46-6)31(20-25)45-5)35(43)36-26-15-17-27(18-16-26)39(2)3/h7-20,33H,21-22H2,1-6H3,(H,36,43). The minimum absolute atomic E-state index is 0.139. The summed E-state index contributed by atoms with van der Waals surface area (Å²) in [7, 11) is 8.42. The maximum Gasteiger partial charge on any atom is 0.251 e. The van der Waals surface area contributed by atoms with E-state index in [2.05, 4.69) is 15.6 Å². The summed E-state index contributed by atoms with van der Waals surface area (Å²) in [5, 5.41) is 11.5. The van der Waals surface area contributed by atoms with E-state index in [-0.39, 0.29) is 19.0 Å². The van der Waals surface area contributed by atoms with Gasteiger partial charge in [-0.2, -0.15) is 0 Å². The molecule has 4 aromatic carbocycles. The first-order valence-electron chi connectivity index (χ1n) is 14.7. The minimum Gasteiger partial charge on any atom is -0.493 e. The van der Waals surface area contributed by atoms with Crippen molar-refractivity contribution in [3.63, 3.8) is 0 Å². The van der Waals surface area contributed by atoms with Gasteiger partial charge in [0.05, 0.1) is 26.8 Å². The molecule has 0 saturated carbocycles. The van der Waals surface area contributed by atoms with E-state index in [1.807, 2.05) is 98.7 Å². The van der Waals surface area contributed by atoms with Crippen LogP contribution >= 0.6 is 0 Å². The maximum absolute atomic E-state index is 14.4. The van der Waals surface area contributed by atoms with Gasteiger partial charge in [0.1, 0.15) is 18.1 Å². The van der Waals surface area contributed by atoms with Gasteiger partial charge in [-0.05, 0) is 66.6 Å². The molecule has 1 heterocycles. The van der Waals surface area contributed by atoms with Gasteiger partial charge >= 0.3 is 0 Å². The molecule has 2 amide bonds. The van der Waals surface area contributed by atoms with Gasteiger partial charge in [0.2, 0.25) is 11.7 Å². The number of aryl methyl sites for hydroxylation is 1. The van der Waals surface area contributed by atoms with Crippen LogP contribution in [0.15, 0.2) is 84.9 Å². The van der Waals surface area contributed by atoms with Crippen molar-refractivity contribution < 1.29 is 23.8 Å². The summed E-state index contributed by atoms with van der Waals surface area (Å²) in [4.78, 5) is 32.4. The minimum atomic E-state index is -1.11. The first kappa shape index (κ1) is 31.8. The summed E-state index contributed by atoms with van der Waals surface area (Å²) in [6, 6.07) is 25.0. The van der Waals surface area contributed by atoms with E-state index in [0.717, 1.165) is 16.8 Å². The van der Waals surface area contributed by atoms with E-state index < -0.39 is 11.9 Å². The second-order valence-corrected chi connectivity index (χ2v) is 11.0. The summed E-state index contributed by atoms with van der Waals surface area (Å²) in [5.41, 5.74) is 5.34. The smallest absolute Gasteiger partial charge is 0.251 e. The molecule has 5 aromatic rings. The highest BCUT2D eigenvalue weighted by Crippen LogP contribution is 2.41. The fourth-order valence-electron chi connectivity index (χ4n) is 5.25. The number of amides is 2. The van der Waals surface area contributed by atoms with Crippen molar-refractivity contribution in [2.45, 2.75) is 26.1 Å². The highest BCUT2D eigenvalue weighted by Gasteiger charge is 2.34. The van der Waals surface area contributed by atoms with Gasteiger partial charge in [-0.15, -0.1) is 5.10 Å². The molecule has 0 fully saturated rings. The van der Waals surface area contributed by atoms with Gasteiger partial charge in [0.15, 0.2) is 11.5 Å². The van der Waals surface area contributed by atoms with Crippen LogP contribution in [0.3, 0.4) is 0 Å². The SMILES string of the molecule is COc1cc(C(C(=O)Nc2ccc(N(C)C)cc2)N(Cc2ccc(C)cc2)C(=O)Cn2nnc3ccccc32)cc(OC)c1OC. The molecule has 46 heavy (non-hydrogen) atoms. The molecule has 0 aliphatic heterocycles. The van der Waals surface area contributed by atoms with E-state index in [4.69, 9.17) is 14.2 Å². The second kappa shape index (κ2) is 14.0. The van der Waals surface area contributed by atoms with Crippen LogP contribution in [0.2, 0.25) is 0 Å². The van der Waals surface area contributed by atoms with E-state index >= 15 is 0 Å². The van der Waals surface area contributed by atoms with Crippen LogP contribution in [0.25, 0.3) is 11.0 Å². The van der Waals surface area contributed by atoms with Crippen LogP contribution in [0.1, 0.15) is 22.7 Å². The maximum atomic E-state index is 14.4. The number of carbonyl (C=O) groups excluding carboxylic acids is 2. The summed E-state index contributed by atoms with van der Waals surface area (Å²) < 4.78 is 18.4. The van der Waals surface area contributed by atoms with Crippen LogP contribution in [0.5, 0.6) is 17.2 Å². The molecule has 238 valence electrons. The first-order valence-corrected chi connectivity index (χ1v) is 14.7. The average Bonchev–Trinajstić information content (AvgIpc) is 3.47. The third-order valence-electron chi connectivity index (χ3n) is 7.71. The topological polar surface area (TPSA) is 111 Å². The lowest BCUT2D eigenvalue weighted by Crippen LogP contribution is -2.42. The number of ether oxygens (including phenoxy) is 3. The first-order chi connectivity index (χ1) is 22.2. The van der Waals surface area contributed by atoms with Crippen molar-refractivity contribution in [3.8, 4) is 17.2 Å². The number of carbonyl (C=O) groups is 2. The zero-order valence-electron chi connectivity index (χ0n) is 26.9. The molecule has 1 N–H and O–H groups in total. The number of hydrogen-bond acceptors (Lipinski definition) is 8. The Kier molecular flexibility index (Phi) is 9.70. The fraction of sp³-hybridized carbons (Fsp3) is 0.257. The molecule has 0 bridgehead atoms. The largest absolute Gasteiger partial charge is 0.493 e. The van der Waals surface area contributed by atoms with Gasteiger partial charge in [0, 0.05) is 32.0 Å². The molecule has 0 spiro atoms. The third kappa shape index (κ3) is 6.88. The molecule has 11 nitrogen and oxygen atoms in total. The molecule has 1 unspecified atom stereocenters. The van der Waals surface area contributed by atoms with E-state index in [1.165, 1.54) is 21.3 Å². The molecule has 0 aliphatic carbocycles. The zero-order chi connectivity index (χ0) is 32.8. The van der Waals surface area contributed by atoms with Crippen molar-refractivity contribution in [3.05, 3.63) is 102 Å². The monoisotopic (exact) mass is 622 g/mol. The fourth-order valence-corrected chi connectivity index (χ4v) is 5.25. The summed E-state index contributed by atoms with van der Waals surface area (Å²) >= 11 is 0. The van der Waals surface area contributed by atoms with Crippen LogP contribution in [-0.4, -0.2) is 67.1 Å². The van der Waals surface area contributed by atoms with Crippen molar-refractivity contribution >= 4 is 34.2 Å². The van der Waals surface area contributed by atoms with E-state index in [0.29, 0.717) is 39.5 Å². The number of rotatable bonds is 12. The Bertz CT molecular complexity index is 1790. The Balaban J connectivity index is 1.62. The molecule has 11 heteroatoms. The Hall–Kier alpha value is -5.58. The van der Waals surface area contributed by atoms with Crippen molar-refractivity contribution in [2.24, 2.45) is 0 Å². The second-order valence-electron chi connectivity index (χ2n) is 11.0. The Labute approximate surface area is 268 Å². The number of nitrogens with one attached hydrogen (secondary N) is 1. The molecular weight excluding hydrogens is 584 g/mol. The van der Waals surface area contributed by atoms with Gasteiger partial charge in [-0.25, -0.2) is 4.68 Å². The molecule has 5 rings (SSSR count). The van der Waals surface area contributed by atoms with Crippen molar-refractivity contribution in [1.29, 1.82) is 0 Å². The number of para-hydroxylation sites is 1. The third-order valence-corrected chi connectivity index (χ3v) is 7.71.